The molecular weight excluding hydrogens is 684 g/mol. The first kappa shape index (κ1) is 26.4. The zero-order valence-corrected chi connectivity index (χ0v) is 25.5. The standard InChI is InChI=1S/C30H31I2N5/c1-4-18(2)25-16-34-28-9-7-20(21-13-26(31)19(3)27(32)14-21)12-24(28)30(25)36-23-8-10-29(35-15-23)37-11-5-6-22(33)17-37/h7-10,12-16,22H,2,4-6,11,17,33H2,1,3H3,(H,34,36)/t22-/m0/s1. The molecule has 1 aliphatic rings. The molecule has 0 aliphatic carbocycles. The minimum Gasteiger partial charge on any atom is -0.355 e. The number of nitrogens with two attached hydrogens (primary N) is 1. The fourth-order valence-corrected chi connectivity index (χ4v) is 6.55. The van der Waals surface area contributed by atoms with Crippen molar-refractivity contribution in [3.05, 3.63) is 79.7 Å². The maximum Gasteiger partial charge on any atom is 0.128 e. The van der Waals surface area contributed by atoms with Gasteiger partial charge in [0.25, 0.3) is 0 Å². The Labute approximate surface area is 246 Å². The van der Waals surface area contributed by atoms with Gasteiger partial charge < -0.3 is 16.0 Å². The van der Waals surface area contributed by atoms with E-state index in [1.54, 1.807) is 0 Å². The minimum atomic E-state index is 0.216. The third-order valence-electron chi connectivity index (χ3n) is 7.09. The summed E-state index contributed by atoms with van der Waals surface area (Å²) in [7, 11) is 0. The lowest BCUT2D eigenvalue weighted by atomic mass is 9.98. The van der Waals surface area contributed by atoms with Gasteiger partial charge in [-0.3, -0.25) is 4.98 Å². The molecule has 0 unspecified atom stereocenters. The fourth-order valence-electron chi connectivity index (χ4n) is 4.79. The van der Waals surface area contributed by atoms with Gasteiger partial charge in [0, 0.05) is 43.4 Å². The monoisotopic (exact) mass is 715 g/mol. The van der Waals surface area contributed by atoms with Gasteiger partial charge in [-0.25, -0.2) is 4.98 Å². The first-order valence-corrected chi connectivity index (χ1v) is 14.8. The average Bonchev–Trinajstić information content (AvgIpc) is 2.91. The summed E-state index contributed by atoms with van der Waals surface area (Å²) in [4.78, 5) is 11.8. The highest BCUT2D eigenvalue weighted by Gasteiger charge is 2.18. The van der Waals surface area contributed by atoms with Crippen LogP contribution < -0.4 is 16.0 Å². The molecule has 3 N–H and O–H groups in total. The van der Waals surface area contributed by atoms with Gasteiger partial charge in [-0.1, -0.05) is 19.6 Å². The molecule has 1 fully saturated rings. The zero-order chi connectivity index (χ0) is 26.1. The largest absolute Gasteiger partial charge is 0.355 e. The van der Waals surface area contributed by atoms with Crippen LogP contribution in [0.15, 0.2) is 61.4 Å². The van der Waals surface area contributed by atoms with Gasteiger partial charge in [0.05, 0.1) is 23.1 Å². The molecule has 4 aromatic rings. The number of pyridine rings is 2. The van der Waals surface area contributed by atoms with Crippen LogP contribution in [-0.2, 0) is 0 Å². The maximum atomic E-state index is 6.19. The number of anilines is 3. The predicted molar refractivity (Wildman–Crippen MR) is 174 cm³/mol. The second-order valence-electron chi connectivity index (χ2n) is 9.68. The van der Waals surface area contributed by atoms with Crippen molar-refractivity contribution in [3.8, 4) is 11.1 Å². The lowest BCUT2D eigenvalue weighted by molar-refractivity contribution is 0.503. The van der Waals surface area contributed by atoms with Gasteiger partial charge in [0.1, 0.15) is 5.82 Å². The van der Waals surface area contributed by atoms with Crippen LogP contribution in [-0.4, -0.2) is 29.1 Å². The van der Waals surface area contributed by atoms with Crippen LogP contribution in [0.1, 0.15) is 37.3 Å². The number of rotatable bonds is 6. The third kappa shape index (κ3) is 5.63. The van der Waals surface area contributed by atoms with Crippen LogP contribution in [0.2, 0.25) is 0 Å². The SMILES string of the molecule is C=C(CC)c1cnc2ccc(-c3cc(I)c(C)c(I)c3)cc2c1Nc1ccc(N2CCC[C@H](N)C2)nc1. The summed E-state index contributed by atoms with van der Waals surface area (Å²) in [5, 5.41) is 4.74. The second-order valence-corrected chi connectivity index (χ2v) is 12.0. The van der Waals surface area contributed by atoms with Crippen LogP contribution in [0.5, 0.6) is 0 Å². The highest BCUT2D eigenvalue weighted by molar-refractivity contribution is 14.1. The highest BCUT2D eigenvalue weighted by Crippen LogP contribution is 2.37. The van der Waals surface area contributed by atoms with Gasteiger partial charge in [-0.05, 0) is 130 Å². The van der Waals surface area contributed by atoms with E-state index in [-0.39, 0.29) is 6.04 Å². The summed E-state index contributed by atoms with van der Waals surface area (Å²) >= 11 is 4.84. The summed E-state index contributed by atoms with van der Waals surface area (Å²) in [6, 6.07) is 15.4. The molecule has 3 heterocycles. The Morgan fingerprint density at radius 2 is 1.86 bits per heavy atom. The molecule has 0 radical (unpaired) electrons. The van der Waals surface area contributed by atoms with E-state index in [9.17, 15) is 0 Å². The molecule has 0 bridgehead atoms. The molecule has 2 aromatic heterocycles. The number of aromatic nitrogens is 2. The topological polar surface area (TPSA) is 67.1 Å². The van der Waals surface area contributed by atoms with Crippen LogP contribution in [0.25, 0.3) is 27.6 Å². The summed E-state index contributed by atoms with van der Waals surface area (Å²) in [5.41, 5.74) is 14.9. The van der Waals surface area contributed by atoms with Crippen LogP contribution >= 0.6 is 45.2 Å². The maximum absolute atomic E-state index is 6.19. The van der Waals surface area contributed by atoms with Crippen LogP contribution in [0.3, 0.4) is 0 Å². The molecule has 1 atom stereocenters. The Hall–Kier alpha value is -2.24. The second kappa shape index (κ2) is 11.2. The molecule has 1 saturated heterocycles. The molecule has 0 spiro atoms. The third-order valence-corrected chi connectivity index (χ3v) is 9.33. The number of halogens is 2. The Morgan fingerprint density at radius 1 is 1.08 bits per heavy atom. The van der Waals surface area contributed by atoms with Crippen molar-refractivity contribution < 1.29 is 0 Å². The Morgan fingerprint density at radius 3 is 2.54 bits per heavy atom. The number of fused-ring (bicyclic) bond motifs is 1. The number of allylic oxidation sites excluding steroid dienone is 1. The van der Waals surface area contributed by atoms with E-state index < -0.39 is 0 Å². The lowest BCUT2D eigenvalue weighted by Crippen LogP contribution is -2.43. The molecule has 0 saturated carbocycles. The van der Waals surface area contributed by atoms with Gasteiger partial charge in [-0.2, -0.15) is 0 Å². The van der Waals surface area contributed by atoms with E-state index in [1.807, 2.05) is 12.4 Å². The number of nitrogens with one attached hydrogen (secondary N) is 1. The summed E-state index contributed by atoms with van der Waals surface area (Å²) in [5.74, 6) is 0.976. The van der Waals surface area contributed by atoms with E-state index in [1.165, 1.54) is 23.8 Å². The Balaban J connectivity index is 1.55. The molecule has 5 rings (SSSR count). The molecule has 37 heavy (non-hydrogen) atoms. The smallest absolute Gasteiger partial charge is 0.128 e. The number of hydrogen-bond donors (Lipinski definition) is 2. The first-order chi connectivity index (χ1) is 17.8. The fraction of sp³-hybridized carbons (Fsp3) is 0.267. The molecule has 2 aromatic carbocycles. The van der Waals surface area contributed by atoms with Crippen molar-refractivity contribution in [3.63, 3.8) is 0 Å². The van der Waals surface area contributed by atoms with Crippen molar-refractivity contribution >= 4 is 78.9 Å². The van der Waals surface area contributed by atoms with E-state index in [0.29, 0.717) is 0 Å². The minimum absolute atomic E-state index is 0.216. The van der Waals surface area contributed by atoms with Crippen molar-refractivity contribution in [2.45, 2.75) is 39.2 Å². The van der Waals surface area contributed by atoms with Gasteiger partial charge in [0.15, 0.2) is 0 Å². The number of nitrogens with zero attached hydrogens (tertiary/aromatic N) is 3. The predicted octanol–water partition coefficient (Wildman–Crippen LogP) is 7.91. The first-order valence-electron chi connectivity index (χ1n) is 12.6. The number of hydrogen-bond acceptors (Lipinski definition) is 5. The zero-order valence-electron chi connectivity index (χ0n) is 21.2. The summed E-state index contributed by atoms with van der Waals surface area (Å²) in [6.07, 6.45) is 6.88. The Kier molecular flexibility index (Phi) is 8.02. The van der Waals surface area contributed by atoms with E-state index in [4.69, 9.17) is 15.7 Å². The van der Waals surface area contributed by atoms with Crippen LogP contribution in [0.4, 0.5) is 17.2 Å². The van der Waals surface area contributed by atoms with Crippen molar-refractivity contribution in [1.29, 1.82) is 0 Å². The quantitative estimate of drug-likeness (QED) is 0.199. The van der Waals surface area contributed by atoms with Crippen LogP contribution in [0, 0.1) is 14.1 Å². The average molecular weight is 715 g/mol. The Bertz CT molecular complexity index is 1440. The van der Waals surface area contributed by atoms with E-state index >= 15 is 0 Å². The molecular formula is C30H31I2N5. The van der Waals surface area contributed by atoms with E-state index in [0.717, 1.165) is 71.6 Å². The molecule has 1 aliphatic heterocycles. The number of benzene rings is 2. The molecule has 7 heteroatoms. The van der Waals surface area contributed by atoms with Gasteiger partial charge in [0.2, 0.25) is 0 Å². The lowest BCUT2D eigenvalue weighted by Gasteiger charge is -2.31. The van der Waals surface area contributed by atoms with Crippen molar-refractivity contribution in [2.24, 2.45) is 5.73 Å². The van der Waals surface area contributed by atoms with Gasteiger partial charge >= 0.3 is 0 Å². The highest BCUT2D eigenvalue weighted by atomic mass is 127. The molecule has 5 nitrogen and oxygen atoms in total. The molecule has 190 valence electrons. The number of piperidine rings is 1. The molecule has 0 amide bonds. The summed E-state index contributed by atoms with van der Waals surface area (Å²) in [6.45, 7) is 10.5. The van der Waals surface area contributed by atoms with Crippen molar-refractivity contribution in [1.82, 2.24) is 9.97 Å². The normalized spacial score (nSPS) is 15.7. The van der Waals surface area contributed by atoms with Gasteiger partial charge in [-0.15, -0.1) is 0 Å². The van der Waals surface area contributed by atoms with Crippen molar-refractivity contribution in [2.75, 3.05) is 23.3 Å². The summed E-state index contributed by atoms with van der Waals surface area (Å²) < 4.78 is 2.54. The van der Waals surface area contributed by atoms with E-state index in [2.05, 4.69) is 118 Å².